The lowest BCUT2D eigenvalue weighted by Crippen LogP contribution is -2.53. The third-order valence-electron chi connectivity index (χ3n) is 5.64. The predicted molar refractivity (Wildman–Crippen MR) is 81.2 cm³/mol. The lowest BCUT2D eigenvalue weighted by atomic mass is 9.91. The van der Waals surface area contributed by atoms with Crippen LogP contribution in [0.2, 0.25) is 0 Å². The number of piperidine rings is 1. The Morgan fingerprint density at radius 2 is 1.90 bits per heavy atom. The van der Waals surface area contributed by atoms with Crippen molar-refractivity contribution < 1.29 is 9.59 Å². The second-order valence-electron chi connectivity index (χ2n) is 6.95. The van der Waals surface area contributed by atoms with Crippen LogP contribution in [-0.2, 0) is 9.59 Å². The molecule has 5 nitrogen and oxygen atoms in total. The molecule has 2 heterocycles. The van der Waals surface area contributed by atoms with Crippen LogP contribution in [0.3, 0.4) is 0 Å². The molecule has 2 aliphatic carbocycles. The predicted octanol–water partition coefficient (Wildman–Crippen LogP) is 0.631. The molecule has 21 heavy (non-hydrogen) atoms. The molecule has 0 bridgehead atoms. The van der Waals surface area contributed by atoms with Crippen molar-refractivity contribution in [3.05, 3.63) is 0 Å². The number of carbonyl (C=O) groups is 2. The first-order chi connectivity index (χ1) is 9.70. The molecular weight excluding hydrogens is 290 g/mol. The smallest absolute Gasteiger partial charge is 0.242 e. The molecule has 4 aliphatic rings. The number of nitrogens with zero attached hydrogens (tertiary/aromatic N) is 2. The van der Waals surface area contributed by atoms with Crippen molar-refractivity contribution in [3.8, 4) is 0 Å². The van der Waals surface area contributed by atoms with E-state index in [-0.39, 0.29) is 35.6 Å². The third-order valence-corrected chi connectivity index (χ3v) is 5.64. The summed E-state index contributed by atoms with van der Waals surface area (Å²) in [5.41, 5.74) is 0.277. The number of rotatable bonds is 2. The molecule has 1 unspecified atom stereocenters. The SMILES string of the molecule is Cl.O=C(C1CC12CCNCC2)N1CCN(C2CC2)C(=O)C1. The van der Waals surface area contributed by atoms with Gasteiger partial charge in [0.1, 0.15) is 0 Å². The van der Waals surface area contributed by atoms with E-state index in [0.717, 1.165) is 58.3 Å². The molecule has 4 rings (SSSR count). The van der Waals surface area contributed by atoms with Gasteiger partial charge in [-0.25, -0.2) is 0 Å². The summed E-state index contributed by atoms with van der Waals surface area (Å²) in [7, 11) is 0. The highest BCUT2D eigenvalue weighted by Crippen LogP contribution is 2.59. The topological polar surface area (TPSA) is 52.7 Å². The molecule has 0 aromatic rings. The van der Waals surface area contributed by atoms with Gasteiger partial charge in [-0.1, -0.05) is 0 Å². The molecule has 0 aromatic carbocycles. The van der Waals surface area contributed by atoms with Gasteiger partial charge in [0.05, 0.1) is 6.54 Å². The summed E-state index contributed by atoms with van der Waals surface area (Å²) < 4.78 is 0. The Balaban J connectivity index is 0.00000132. The second-order valence-corrected chi connectivity index (χ2v) is 6.95. The molecule has 1 N–H and O–H groups in total. The Labute approximate surface area is 131 Å². The second kappa shape index (κ2) is 5.43. The molecule has 1 atom stereocenters. The van der Waals surface area contributed by atoms with Crippen LogP contribution in [0.4, 0.5) is 0 Å². The van der Waals surface area contributed by atoms with E-state index < -0.39 is 0 Å². The fourth-order valence-electron chi connectivity index (χ4n) is 4.04. The molecule has 2 amide bonds. The van der Waals surface area contributed by atoms with Crippen molar-refractivity contribution >= 4 is 24.2 Å². The van der Waals surface area contributed by atoms with E-state index in [1.807, 2.05) is 9.80 Å². The minimum atomic E-state index is 0. The van der Waals surface area contributed by atoms with Gasteiger partial charge in [-0.15, -0.1) is 12.4 Å². The molecule has 2 saturated heterocycles. The van der Waals surface area contributed by atoms with Crippen molar-refractivity contribution in [2.24, 2.45) is 11.3 Å². The van der Waals surface area contributed by atoms with E-state index in [2.05, 4.69) is 5.32 Å². The monoisotopic (exact) mass is 313 g/mol. The molecule has 2 saturated carbocycles. The Kier molecular flexibility index (Phi) is 3.91. The lowest BCUT2D eigenvalue weighted by molar-refractivity contribution is -0.147. The average Bonchev–Trinajstić information content (AvgIpc) is 3.36. The zero-order valence-electron chi connectivity index (χ0n) is 12.3. The zero-order valence-corrected chi connectivity index (χ0v) is 13.2. The summed E-state index contributed by atoms with van der Waals surface area (Å²) in [6.07, 6.45) is 5.60. The number of amides is 2. The highest BCUT2D eigenvalue weighted by atomic mass is 35.5. The van der Waals surface area contributed by atoms with Crippen LogP contribution >= 0.6 is 12.4 Å². The van der Waals surface area contributed by atoms with Gasteiger partial charge in [0.2, 0.25) is 11.8 Å². The van der Waals surface area contributed by atoms with Crippen LogP contribution in [-0.4, -0.2) is 60.4 Å². The molecule has 2 aliphatic heterocycles. The molecule has 1 spiro atoms. The Morgan fingerprint density at radius 1 is 1.19 bits per heavy atom. The lowest BCUT2D eigenvalue weighted by Gasteiger charge is -2.35. The first kappa shape index (κ1) is 15.1. The van der Waals surface area contributed by atoms with E-state index in [1.54, 1.807) is 0 Å². The first-order valence-corrected chi connectivity index (χ1v) is 7.99. The maximum atomic E-state index is 12.6. The maximum absolute atomic E-state index is 12.6. The normalized spacial score (nSPS) is 31.0. The Morgan fingerprint density at radius 3 is 2.52 bits per heavy atom. The first-order valence-electron chi connectivity index (χ1n) is 7.99. The van der Waals surface area contributed by atoms with Crippen LogP contribution in [0.15, 0.2) is 0 Å². The number of nitrogens with one attached hydrogen (secondary N) is 1. The zero-order chi connectivity index (χ0) is 13.7. The van der Waals surface area contributed by atoms with Crippen LogP contribution in [0, 0.1) is 11.3 Å². The summed E-state index contributed by atoms with van der Waals surface area (Å²) in [6, 6.07) is 0.483. The molecule has 6 heteroatoms. The summed E-state index contributed by atoms with van der Waals surface area (Å²) in [6.45, 7) is 3.89. The fraction of sp³-hybridized carbons (Fsp3) is 0.867. The fourth-order valence-corrected chi connectivity index (χ4v) is 4.04. The standard InChI is InChI=1S/C15H23N3O2.ClH/c19-13-10-17(7-8-18(13)11-1-2-11)14(20)12-9-15(12)3-5-16-6-4-15;/h11-12,16H,1-10H2;1H. The molecule has 0 radical (unpaired) electrons. The molecular formula is C15H24ClN3O2. The van der Waals surface area contributed by atoms with Crippen molar-refractivity contribution in [2.75, 3.05) is 32.7 Å². The highest BCUT2D eigenvalue weighted by Gasteiger charge is 2.58. The molecule has 118 valence electrons. The summed E-state index contributed by atoms with van der Waals surface area (Å²) in [5, 5.41) is 3.37. The van der Waals surface area contributed by atoms with Gasteiger partial charge in [0.25, 0.3) is 0 Å². The summed E-state index contributed by atoms with van der Waals surface area (Å²) in [4.78, 5) is 28.5. The summed E-state index contributed by atoms with van der Waals surface area (Å²) in [5.74, 6) is 0.604. The Bertz CT molecular complexity index is 446. The van der Waals surface area contributed by atoms with Crippen molar-refractivity contribution in [2.45, 2.75) is 38.1 Å². The number of piperazine rings is 1. The van der Waals surface area contributed by atoms with Gasteiger partial charge in [-0.2, -0.15) is 0 Å². The average molecular weight is 314 g/mol. The number of carbonyl (C=O) groups excluding carboxylic acids is 2. The van der Waals surface area contributed by atoms with Crippen LogP contribution in [0.5, 0.6) is 0 Å². The van der Waals surface area contributed by atoms with Gasteiger partial charge in [0, 0.05) is 25.0 Å². The van der Waals surface area contributed by atoms with Gasteiger partial charge >= 0.3 is 0 Å². The van der Waals surface area contributed by atoms with Crippen molar-refractivity contribution in [1.82, 2.24) is 15.1 Å². The minimum Gasteiger partial charge on any atom is -0.336 e. The minimum absolute atomic E-state index is 0. The van der Waals surface area contributed by atoms with E-state index in [4.69, 9.17) is 0 Å². The van der Waals surface area contributed by atoms with Crippen LogP contribution in [0.1, 0.15) is 32.1 Å². The van der Waals surface area contributed by atoms with Crippen LogP contribution < -0.4 is 5.32 Å². The summed E-state index contributed by atoms with van der Waals surface area (Å²) >= 11 is 0. The van der Waals surface area contributed by atoms with E-state index in [1.165, 1.54) is 0 Å². The highest BCUT2D eigenvalue weighted by molar-refractivity contribution is 5.89. The van der Waals surface area contributed by atoms with Gasteiger partial charge < -0.3 is 15.1 Å². The quantitative estimate of drug-likeness (QED) is 0.813. The van der Waals surface area contributed by atoms with Gasteiger partial charge in [-0.05, 0) is 50.6 Å². The Hall–Kier alpha value is -0.810. The van der Waals surface area contributed by atoms with Gasteiger partial charge in [0.15, 0.2) is 0 Å². The maximum Gasteiger partial charge on any atom is 0.242 e. The number of hydrogen-bond donors (Lipinski definition) is 1. The molecule has 0 aromatic heterocycles. The van der Waals surface area contributed by atoms with E-state index in [9.17, 15) is 9.59 Å². The van der Waals surface area contributed by atoms with Crippen LogP contribution in [0.25, 0.3) is 0 Å². The van der Waals surface area contributed by atoms with Crippen molar-refractivity contribution in [3.63, 3.8) is 0 Å². The third kappa shape index (κ3) is 2.66. The number of hydrogen-bond acceptors (Lipinski definition) is 3. The largest absolute Gasteiger partial charge is 0.336 e. The van der Waals surface area contributed by atoms with E-state index in [0.29, 0.717) is 12.6 Å². The van der Waals surface area contributed by atoms with E-state index >= 15 is 0 Å². The van der Waals surface area contributed by atoms with Gasteiger partial charge in [-0.3, -0.25) is 9.59 Å². The number of halogens is 1. The molecule has 4 fully saturated rings. The van der Waals surface area contributed by atoms with Crippen molar-refractivity contribution in [1.29, 1.82) is 0 Å².